The first-order valence-corrected chi connectivity index (χ1v) is 16.0. The summed E-state index contributed by atoms with van der Waals surface area (Å²) in [5.41, 5.74) is 8.88. The fourth-order valence-corrected chi connectivity index (χ4v) is 7.09. The highest BCUT2D eigenvalue weighted by Gasteiger charge is 2.31. The van der Waals surface area contributed by atoms with Crippen LogP contribution in [-0.2, 0) is 24.2 Å². The normalized spacial score (nSPS) is 19.0. The summed E-state index contributed by atoms with van der Waals surface area (Å²) in [7, 11) is 0. The van der Waals surface area contributed by atoms with Gasteiger partial charge in [-0.2, -0.15) is 0 Å². The van der Waals surface area contributed by atoms with Crippen molar-refractivity contribution < 1.29 is 9.90 Å². The van der Waals surface area contributed by atoms with Gasteiger partial charge in [0.25, 0.3) is 0 Å². The molecule has 3 aliphatic rings. The molecule has 0 bridgehead atoms. The van der Waals surface area contributed by atoms with Gasteiger partial charge in [-0.3, -0.25) is 9.78 Å². The van der Waals surface area contributed by atoms with Gasteiger partial charge < -0.3 is 19.8 Å². The van der Waals surface area contributed by atoms with Gasteiger partial charge >= 0.3 is 5.97 Å². The molecule has 228 valence electrons. The quantitative estimate of drug-likeness (QED) is 0.367. The maximum absolute atomic E-state index is 12.0. The number of fused-ring (bicyclic) bond motifs is 1. The summed E-state index contributed by atoms with van der Waals surface area (Å²) in [6.07, 6.45) is 7.22. The second kappa shape index (κ2) is 11.8. The molecule has 5 heterocycles. The predicted octanol–water partition coefficient (Wildman–Crippen LogP) is 6.21. The average Bonchev–Trinajstić information content (AvgIpc) is 2.98. The van der Waals surface area contributed by atoms with E-state index >= 15 is 0 Å². The molecule has 2 fully saturated rings. The lowest BCUT2D eigenvalue weighted by atomic mass is 9.82. The molecule has 0 saturated carbocycles. The van der Waals surface area contributed by atoms with Crippen LogP contribution in [0, 0.1) is 25.2 Å². The average molecular weight is 583 g/mol. The number of hydrogen-bond donors (Lipinski definition) is 1. The first-order valence-electron chi connectivity index (χ1n) is 16.0. The number of pyridine rings is 1. The Hall–Kier alpha value is -3.68. The van der Waals surface area contributed by atoms with Crippen molar-refractivity contribution in [3.8, 4) is 11.1 Å². The standard InChI is InChI=1S/C35H46N6O2/c1-23-8-13-39(14-9-23)30-20-31(37-22-36-30)41-15-10-26-18-27(6-7-28(26)21-41)33-25(3)38-24(2)29(19-32(42)43)34(33)40-16-11-35(4,5)12-17-40/h6-7,18,20,22-23H,8-17,19,21H2,1-5H3,(H,42,43). The molecule has 0 amide bonds. The third-order valence-corrected chi connectivity index (χ3v) is 9.99. The van der Waals surface area contributed by atoms with Crippen LogP contribution in [0.4, 0.5) is 17.3 Å². The zero-order chi connectivity index (χ0) is 30.3. The van der Waals surface area contributed by atoms with E-state index in [-0.39, 0.29) is 6.42 Å². The molecule has 3 aliphatic heterocycles. The van der Waals surface area contributed by atoms with Gasteiger partial charge in [-0.1, -0.05) is 39.0 Å². The van der Waals surface area contributed by atoms with Gasteiger partial charge in [-0.25, -0.2) is 9.97 Å². The molecule has 0 aliphatic carbocycles. The van der Waals surface area contributed by atoms with E-state index in [2.05, 4.69) is 76.6 Å². The molecule has 0 radical (unpaired) electrons. The van der Waals surface area contributed by atoms with Crippen molar-refractivity contribution in [2.75, 3.05) is 47.4 Å². The Morgan fingerprint density at radius 1 is 0.907 bits per heavy atom. The largest absolute Gasteiger partial charge is 0.481 e. The number of aromatic nitrogens is 3. The Morgan fingerprint density at radius 2 is 1.60 bits per heavy atom. The number of aryl methyl sites for hydroxylation is 2. The van der Waals surface area contributed by atoms with Crippen molar-refractivity contribution in [3.63, 3.8) is 0 Å². The molecule has 0 atom stereocenters. The molecule has 1 aromatic carbocycles. The van der Waals surface area contributed by atoms with Gasteiger partial charge in [-0.15, -0.1) is 0 Å². The molecule has 2 saturated heterocycles. The molecule has 3 aromatic rings. The zero-order valence-corrected chi connectivity index (χ0v) is 26.5. The van der Waals surface area contributed by atoms with Crippen molar-refractivity contribution in [2.24, 2.45) is 11.3 Å². The summed E-state index contributed by atoms with van der Waals surface area (Å²) >= 11 is 0. The summed E-state index contributed by atoms with van der Waals surface area (Å²) in [5.74, 6) is 2.00. The molecule has 2 aromatic heterocycles. The van der Waals surface area contributed by atoms with Crippen LogP contribution in [0.5, 0.6) is 0 Å². The van der Waals surface area contributed by atoms with E-state index in [0.717, 1.165) is 110 Å². The first kappa shape index (κ1) is 29.4. The van der Waals surface area contributed by atoms with Gasteiger partial charge in [0.15, 0.2) is 0 Å². The highest BCUT2D eigenvalue weighted by molar-refractivity contribution is 5.86. The zero-order valence-electron chi connectivity index (χ0n) is 26.5. The Kier molecular flexibility index (Phi) is 8.05. The van der Waals surface area contributed by atoms with E-state index in [0.29, 0.717) is 5.41 Å². The monoisotopic (exact) mass is 582 g/mol. The molecule has 0 spiro atoms. The van der Waals surface area contributed by atoms with Gasteiger partial charge in [0.1, 0.15) is 18.0 Å². The van der Waals surface area contributed by atoms with Gasteiger partial charge in [0, 0.05) is 67.8 Å². The molecule has 8 heteroatoms. The highest BCUT2D eigenvalue weighted by atomic mass is 16.4. The third-order valence-electron chi connectivity index (χ3n) is 9.99. The van der Waals surface area contributed by atoms with Crippen LogP contribution in [0.15, 0.2) is 30.6 Å². The second-order valence-electron chi connectivity index (χ2n) is 13.8. The first-order chi connectivity index (χ1) is 20.6. The fraction of sp³-hybridized carbons (Fsp3) is 0.543. The molecular formula is C35H46N6O2. The van der Waals surface area contributed by atoms with Crippen molar-refractivity contribution in [1.29, 1.82) is 0 Å². The van der Waals surface area contributed by atoms with Crippen LogP contribution in [0.2, 0.25) is 0 Å². The van der Waals surface area contributed by atoms with Crippen LogP contribution in [0.3, 0.4) is 0 Å². The van der Waals surface area contributed by atoms with Crippen molar-refractivity contribution in [1.82, 2.24) is 15.0 Å². The summed E-state index contributed by atoms with van der Waals surface area (Å²) in [6, 6.07) is 8.95. The lowest BCUT2D eigenvalue weighted by Crippen LogP contribution is -2.38. The Bertz CT molecular complexity index is 1500. The van der Waals surface area contributed by atoms with Crippen LogP contribution in [-0.4, -0.2) is 58.8 Å². The van der Waals surface area contributed by atoms with Gasteiger partial charge in [0.2, 0.25) is 0 Å². The number of rotatable bonds is 6. The van der Waals surface area contributed by atoms with E-state index < -0.39 is 5.97 Å². The number of carbonyl (C=O) groups is 1. The summed E-state index contributed by atoms with van der Waals surface area (Å²) in [4.78, 5) is 33.3. The van der Waals surface area contributed by atoms with Crippen LogP contribution in [0.25, 0.3) is 11.1 Å². The lowest BCUT2D eigenvalue weighted by molar-refractivity contribution is -0.136. The van der Waals surface area contributed by atoms with E-state index in [1.54, 1.807) is 6.33 Å². The number of aliphatic carboxylic acids is 1. The Morgan fingerprint density at radius 3 is 2.30 bits per heavy atom. The number of hydrogen-bond acceptors (Lipinski definition) is 7. The van der Waals surface area contributed by atoms with E-state index in [1.165, 1.54) is 24.0 Å². The molecule has 0 unspecified atom stereocenters. The fourth-order valence-electron chi connectivity index (χ4n) is 7.09. The molecular weight excluding hydrogens is 536 g/mol. The van der Waals surface area contributed by atoms with E-state index in [4.69, 9.17) is 4.98 Å². The maximum Gasteiger partial charge on any atom is 0.307 e. The molecule has 1 N–H and O–H groups in total. The van der Waals surface area contributed by atoms with Crippen molar-refractivity contribution in [2.45, 2.75) is 79.7 Å². The van der Waals surface area contributed by atoms with Crippen LogP contribution >= 0.6 is 0 Å². The van der Waals surface area contributed by atoms with Crippen LogP contribution < -0.4 is 14.7 Å². The molecule has 43 heavy (non-hydrogen) atoms. The second-order valence-corrected chi connectivity index (χ2v) is 13.8. The number of nitrogens with zero attached hydrogens (tertiary/aromatic N) is 6. The number of carboxylic acids is 1. The number of anilines is 3. The maximum atomic E-state index is 12.0. The SMILES string of the molecule is Cc1nc(C)c(-c2ccc3c(c2)CCN(c2cc(N4CCC(C)CC4)ncn2)C3)c(N2CCC(C)(C)CC2)c1CC(=O)O. The van der Waals surface area contributed by atoms with E-state index in [1.807, 2.05) is 6.92 Å². The summed E-state index contributed by atoms with van der Waals surface area (Å²) in [6.45, 7) is 16.7. The number of piperidine rings is 2. The lowest BCUT2D eigenvalue weighted by Gasteiger charge is -2.40. The predicted molar refractivity (Wildman–Crippen MR) is 173 cm³/mol. The van der Waals surface area contributed by atoms with E-state index in [9.17, 15) is 9.90 Å². The minimum absolute atomic E-state index is 0.0153. The number of carboxylic acid groups (broad SMARTS) is 1. The van der Waals surface area contributed by atoms with Crippen molar-refractivity contribution >= 4 is 23.3 Å². The van der Waals surface area contributed by atoms with Gasteiger partial charge in [-0.05, 0) is 74.0 Å². The van der Waals surface area contributed by atoms with Gasteiger partial charge in [0.05, 0.1) is 12.1 Å². The Labute approximate surface area is 256 Å². The molecule has 8 nitrogen and oxygen atoms in total. The Balaban J connectivity index is 1.30. The number of benzene rings is 1. The molecule has 6 rings (SSSR count). The van der Waals surface area contributed by atoms with Crippen LogP contribution in [0.1, 0.15) is 74.5 Å². The van der Waals surface area contributed by atoms with Crippen molar-refractivity contribution in [3.05, 3.63) is 58.7 Å². The highest BCUT2D eigenvalue weighted by Crippen LogP contribution is 2.42. The third kappa shape index (κ3) is 6.20. The minimum Gasteiger partial charge on any atom is -0.481 e. The summed E-state index contributed by atoms with van der Waals surface area (Å²) in [5, 5.41) is 9.84. The summed E-state index contributed by atoms with van der Waals surface area (Å²) < 4.78 is 0. The minimum atomic E-state index is -0.813. The topological polar surface area (TPSA) is 85.7 Å². The smallest absolute Gasteiger partial charge is 0.307 e.